The fraction of sp³-hybridized carbons (Fsp3) is 0.450. The quantitative estimate of drug-likeness (QED) is 0.433. The molecule has 1 heterocycles. The molecule has 5 amide bonds. The molecule has 1 N–H and O–H groups in total. The van der Waals surface area contributed by atoms with Gasteiger partial charge in [0, 0.05) is 25.1 Å². The molecule has 1 saturated heterocycles. The maximum atomic E-state index is 12.5. The van der Waals surface area contributed by atoms with E-state index in [1.165, 1.54) is 6.92 Å². The monoisotopic (exact) mass is 385 g/mol. The maximum absolute atomic E-state index is 12.5. The third-order valence-corrected chi connectivity index (χ3v) is 5.14. The first kappa shape index (κ1) is 19.7. The Labute approximate surface area is 162 Å². The minimum atomic E-state index is -0.933. The van der Waals surface area contributed by atoms with Gasteiger partial charge in [0.1, 0.15) is 0 Å². The van der Waals surface area contributed by atoms with E-state index in [4.69, 9.17) is 0 Å². The highest BCUT2D eigenvalue weighted by molar-refractivity contribution is 6.45. The molecule has 148 valence electrons. The van der Waals surface area contributed by atoms with Crippen molar-refractivity contribution in [3.05, 3.63) is 35.4 Å². The number of hydrogen-bond acceptors (Lipinski definition) is 5. The number of nitrogens with zero attached hydrogens (tertiary/aromatic N) is 2. The van der Waals surface area contributed by atoms with E-state index >= 15 is 0 Å². The molecule has 1 aromatic rings. The molecule has 1 aliphatic carbocycles. The topological polar surface area (TPSA) is 104 Å². The van der Waals surface area contributed by atoms with Crippen molar-refractivity contribution in [2.75, 3.05) is 13.1 Å². The van der Waals surface area contributed by atoms with Crippen molar-refractivity contribution in [3.8, 4) is 0 Å². The van der Waals surface area contributed by atoms with Crippen LogP contribution in [0.2, 0.25) is 0 Å². The normalized spacial score (nSPS) is 17.5. The van der Waals surface area contributed by atoms with Gasteiger partial charge in [-0.25, -0.2) is 9.69 Å². The summed E-state index contributed by atoms with van der Waals surface area (Å²) in [5, 5.41) is 2.70. The van der Waals surface area contributed by atoms with Crippen molar-refractivity contribution in [1.82, 2.24) is 15.1 Å². The van der Waals surface area contributed by atoms with Gasteiger partial charge < -0.3 is 5.32 Å². The summed E-state index contributed by atoms with van der Waals surface area (Å²) in [6.45, 7) is 1.50. The average Bonchev–Trinajstić information content (AvgIpc) is 3.25. The summed E-state index contributed by atoms with van der Waals surface area (Å²) in [5.74, 6) is -2.28. The lowest BCUT2D eigenvalue weighted by Gasteiger charge is -2.20. The maximum Gasteiger partial charge on any atom is 0.334 e. The van der Waals surface area contributed by atoms with Crippen LogP contribution in [-0.2, 0) is 20.8 Å². The minimum Gasteiger partial charge on any atom is -0.356 e. The molecule has 0 spiro atoms. The van der Waals surface area contributed by atoms with Gasteiger partial charge in [-0.2, -0.15) is 0 Å². The van der Waals surface area contributed by atoms with Gasteiger partial charge in [-0.15, -0.1) is 0 Å². The van der Waals surface area contributed by atoms with E-state index in [-0.39, 0.29) is 11.9 Å². The molecular formula is C20H23N3O5. The zero-order valence-electron chi connectivity index (χ0n) is 15.8. The van der Waals surface area contributed by atoms with Crippen molar-refractivity contribution in [2.45, 2.75) is 45.1 Å². The Morgan fingerprint density at radius 1 is 1.04 bits per heavy atom. The third-order valence-electron chi connectivity index (χ3n) is 5.14. The van der Waals surface area contributed by atoms with Gasteiger partial charge in [-0.05, 0) is 24.8 Å². The molecule has 0 bridgehead atoms. The van der Waals surface area contributed by atoms with Crippen LogP contribution >= 0.6 is 0 Å². The van der Waals surface area contributed by atoms with E-state index in [9.17, 15) is 24.0 Å². The molecule has 1 aromatic carbocycles. The molecule has 8 heteroatoms. The van der Waals surface area contributed by atoms with Gasteiger partial charge >= 0.3 is 17.8 Å². The summed E-state index contributed by atoms with van der Waals surface area (Å²) in [4.78, 5) is 62.1. The summed E-state index contributed by atoms with van der Waals surface area (Å²) in [6, 6.07) is 5.83. The summed E-state index contributed by atoms with van der Waals surface area (Å²) in [5.41, 5.74) is 1.30. The van der Waals surface area contributed by atoms with Crippen molar-refractivity contribution in [1.29, 1.82) is 0 Å². The molecule has 3 rings (SSSR count). The molecule has 2 aliphatic rings. The minimum absolute atomic E-state index is 0.104. The zero-order valence-corrected chi connectivity index (χ0v) is 15.8. The first-order chi connectivity index (χ1) is 13.4. The number of carbonyl (C=O) groups excluding carboxylic acids is 5. The largest absolute Gasteiger partial charge is 0.356 e. The van der Waals surface area contributed by atoms with Crippen LogP contribution in [0.25, 0.3) is 0 Å². The predicted molar refractivity (Wildman–Crippen MR) is 99.4 cm³/mol. The molecule has 2 fully saturated rings. The number of hydrogen-bond donors (Lipinski definition) is 1. The predicted octanol–water partition coefficient (Wildman–Crippen LogP) is 1.28. The fourth-order valence-corrected chi connectivity index (χ4v) is 3.62. The van der Waals surface area contributed by atoms with Gasteiger partial charge in [0.2, 0.25) is 5.91 Å². The average molecular weight is 385 g/mol. The number of Topliss-reactive ketones (excluding diaryl/α,β-unsaturated/α-hetero) is 1. The lowest BCUT2D eigenvalue weighted by Crippen LogP contribution is -2.41. The Hall–Kier alpha value is -3.03. The van der Waals surface area contributed by atoms with Gasteiger partial charge in [-0.3, -0.25) is 24.1 Å². The highest BCUT2D eigenvalue weighted by Gasteiger charge is 2.48. The Morgan fingerprint density at radius 2 is 1.68 bits per heavy atom. The standard InChI is InChI=1S/C20H23N3O5/c1-13(24)21-11-10-14-6-8-15(9-7-14)17(25)12-22-18(26)19(27)23(20(22)28)16-4-2-3-5-16/h6-9,16H,2-5,10-12H2,1H3,(H,21,24). The molecule has 0 unspecified atom stereocenters. The first-order valence-electron chi connectivity index (χ1n) is 9.44. The summed E-state index contributed by atoms with van der Waals surface area (Å²) in [6.07, 6.45) is 3.87. The fourth-order valence-electron chi connectivity index (χ4n) is 3.62. The van der Waals surface area contributed by atoms with E-state index in [2.05, 4.69) is 5.32 Å². The molecule has 0 radical (unpaired) electrons. The van der Waals surface area contributed by atoms with Crippen molar-refractivity contribution in [3.63, 3.8) is 0 Å². The second-order valence-electron chi connectivity index (χ2n) is 7.14. The lowest BCUT2D eigenvalue weighted by atomic mass is 10.1. The van der Waals surface area contributed by atoms with Gasteiger partial charge in [-0.1, -0.05) is 37.1 Å². The van der Waals surface area contributed by atoms with Crippen LogP contribution in [0.5, 0.6) is 0 Å². The van der Waals surface area contributed by atoms with Crippen LogP contribution in [0.15, 0.2) is 24.3 Å². The van der Waals surface area contributed by atoms with E-state index in [1.54, 1.807) is 24.3 Å². The van der Waals surface area contributed by atoms with Crippen LogP contribution in [-0.4, -0.2) is 58.5 Å². The van der Waals surface area contributed by atoms with Crippen LogP contribution < -0.4 is 5.32 Å². The Bertz CT molecular complexity index is 812. The number of rotatable bonds is 7. The zero-order chi connectivity index (χ0) is 20.3. The van der Waals surface area contributed by atoms with Crippen LogP contribution in [0.3, 0.4) is 0 Å². The number of imide groups is 2. The Kier molecular flexibility index (Phi) is 5.87. The number of benzene rings is 1. The molecule has 8 nitrogen and oxygen atoms in total. The Morgan fingerprint density at radius 3 is 2.29 bits per heavy atom. The SMILES string of the molecule is CC(=O)NCCc1ccc(C(=O)CN2C(=O)C(=O)N(C3CCCC3)C2=O)cc1. The number of ketones is 1. The number of amides is 5. The summed E-state index contributed by atoms with van der Waals surface area (Å²) >= 11 is 0. The number of nitrogens with one attached hydrogen (secondary N) is 1. The van der Waals surface area contributed by atoms with Crippen LogP contribution in [0, 0.1) is 0 Å². The molecule has 0 aromatic heterocycles. The van der Waals surface area contributed by atoms with Crippen LogP contribution in [0.1, 0.15) is 48.5 Å². The molecule has 0 atom stereocenters. The Balaban J connectivity index is 1.62. The molecule has 1 saturated carbocycles. The van der Waals surface area contributed by atoms with Crippen molar-refractivity contribution in [2.24, 2.45) is 0 Å². The molecule has 1 aliphatic heterocycles. The highest BCUT2D eigenvalue weighted by Crippen LogP contribution is 2.27. The van der Waals surface area contributed by atoms with E-state index in [0.717, 1.165) is 28.2 Å². The number of carbonyl (C=O) groups is 5. The van der Waals surface area contributed by atoms with Crippen molar-refractivity contribution >= 4 is 29.5 Å². The highest BCUT2D eigenvalue weighted by atomic mass is 16.2. The molecule has 28 heavy (non-hydrogen) atoms. The van der Waals surface area contributed by atoms with Gasteiger partial charge in [0.05, 0.1) is 6.54 Å². The van der Waals surface area contributed by atoms with E-state index in [1.807, 2.05) is 0 Å². The third kappa shape index (κ3) is 4.11. The smallest absolute Gasteiger partial charge is 0.334 e. The number of urea groups is 1. The lowest BCUT2D eigenvalue weighted by molar-refractivity contribution is -0.143. The second kappa shape index (κ2) is 8.33. The summed E-state index contributed by atoms with van der Waals surface area (Å²) < 4.78 is 0. The summed E-state index contributed by atoms with van der Waals surface area (Å²) in [7, 11) is 0. The van der Waals surface area contributed by atoms with Gasteiger partial charge in [0.15, 0.2) is 5.78 Å². The second-order valence-corrected chi connectivity index (χ2v) is 7.14. The van der Waals surface area contributed by atoms with Crippen LogP contribution in [0.4, 0.5) is 4.79 Å². The van der Waals surface area contributed by atoms with Gasteiger partial charge in [0.25, 0.3) is 0 Å². The van der Waals surface area contributed by atoms with E-state index in [0.29, 0.717) is 31.4 Å². The first-order valence-corrected chi connectivity index (χ1v) is 9.44. The van der Waals surface area contributed by atoms with Crippen molar-refractivity contribution < 1.29 is 24.0 Å². The van der Waals surface area contributed by atoms with E-state index < -0.39 is 30.2 Å². The molecular weight excluding hydrogens is 362 g/mol.